The minimum atomic E-state index is -0.572. The summed E-state index contributed by atoms with van der Waals surface area (Å²) in [6.45, 7) is 10.5. The number of carbonyl (C=O) groups excluding carboxylic acids is 3. The Morgan fingerprint density at radius 3 is 2.39 bits per heavy atom. The molecule has 0 bridgehead atoms. The van der Waals surface area contributed by atoms with Crippen LogP contribution in [-0.2, 0) is 27.4 Å². The summed E-state index contributed by atoms with van der Waals surface area (Å²) in [7, 11) is 1.75. The van der Waals surface area contributed by atoms with Gasteiger partial charge in [0.25, 0.3) is 11.8 Å². The number of nitrogens with zero attached hydrogens (tertiary/aromatic N) is 6. The van der Waals surface area contributed by atoms with E-state index in [-0.39, 0.29) is 36.8 Å². The topological polar surface area (TPSA) is 156 Å². The highest BCUT2D eigenvalue weighted by Gasteiger charge is 2.23. The van der Waals surface area contributed by atoms with Crippen LogP contribution in [0.4, 0.5) is 4.79 Å². The molecule has 2 aromatic carbocycles. The fraction of sp³-hybridized carbons (Fsp3) is 0.387. The van der Waals surface area contributed by atoms with Gasteiger partial charge < -0.3 is 25.6 Å². The quantitative estimate of drug-likeness (QED) is 0.320. The van der Waals surface area contributed by atoms with Gasteiger partial charge in [0.2, 0.25) is 5.82 Å². The Hall–Kier alpha value is -5.07. The van der Waals surface area contributed by atoms with Gasteiger partial charge in [0, 0.05) is 25.7 Å². The Bertz CT molecular complexity index is 1540. The second-order valence-corrected chi connectivity index (χ2v) is 11.5. The van der Waals surface area contributed by atoms with Crippen molar-refractivity contribution in [2.24, 2.45) is 4.99 Å². The number of alkyl carbamates (subject to hydrolysis) is 1. The molecule has 4 rings (SSSR count). The van der Waals surface area contributed by atoms with Gasteiger partial charge in [-0.1, -0.05) is 54.1 Å². The molecule has 1 aliphatic heterocycles. The standard InChI is InChI=1S/C31H39N9O4/c1-20-7-9-22(10-8-20)18-33-28(41)25-17-26(39(6)19-34-25)29(42)35-21(2)23-11-13-24(14-12-23)27-36-38-40(37-27)16-15-32-30(43)44-31(3,4)5/h7-14,17,21H,15-16,18-19H2,1-6H3,(H,32,43)(H,33,41)(H,35,42)/t21-/m0/s1. The van der Waals surface area contributed by atoms with Gasteiger partial charge in [0.15, 0.2) is 0 Å². The molecule has 0 unspecified atom stereocenters. The zero-order valence-electron chi connectivity index (χ0n) is 25.9. The van der Waals surface area contributed by atoms with Crippen LogP contribution < -0.4 is 16.0 Å². The first-order valence-corrected chi connectivity index (χ1v) is 14.3. The number of nitrogens with one attached hydrogen (secondary N) is 3. The van der Waals surface area contributed by atoms with E-state index >= 15 is 0 Å². The summed E-state index contributed by atoms with van der Waals surface area (Å²) in [6.07, 6.45) is 1.01. The number of benzene rings is 2. The number of hydrogen-bond donors (Lipinski definition) is 3. The van der Waals surface area contributed by atoms with Crippen LogP contribution in [0, 0.1) is 6.92 Å². The lowest BCUT2D eigenvalue weighted by Gasteiger charge is -2.25. The number of likely N-dealkylation sites (N-methyl/N-ethyl adjacent to an activating group) is 1. The molecule has 232 valence electrons. The minimum Gasteiger partial charge on any atom is -0.444 e. The molecule has 3 N–H and O–H groups in total. The van der Waals surface area contributed by atoms with E-state index in [0.29, 0.717) is 24.6 Å². The third-order valence-electron chi connectivity index (χ3n) is 6.63. The summed E-state index contributed by atoms with van der Waals surface area (Å²) in [5, 5.41) is 21.1. The lowest BCUT2D eigenvalue weighted by molar-refractivity contribution is -0.119. The molecule has 0 saturated carbocycles. The molecule has 0 radical (unpaired) electrons. The van der Waals surface area contributed by atoms with E-state index in [1.807, 2.05) is 62.4 Å². The maximum Gasteiger partial charge on any atom is 0.407 e. The molecule has 3 amide bonds. The van der Waals surface area contributed by atoms with Crippen LogP contribution in [0.3, 0.4) is 0 Å². The van der Waals surface area contributed by atoms with Crippen LogP contribution in [0.2, 0.25) is 0 Å². The smallest absolute Gasteiger partial charge is 0.407 e. The SMILES string of the molecule is Cc1ccc(CNC(=O)C2=NCN(C)C(C(=O)N[C@@H](C)c3ccc(-c4nnn(CCNC(=O)OC(C)(C)C)n4)cc3)=C2)cc1. The zero-order chi connectivity index (χ0) is 31.9. The predicted molar refractivity (Wildman–Crippen MR) is 165 cm³/mol. The van der Waals surface area contributed by atoms with Crippen molar-refractivity contribution in [1.82, 2.24) is 41.1 Å². The number of tetrazole rings is 1. The highest BCUT2D eigenvalue weighted by molar-refractivity contribution is 6.44. The van der Waals surface area contributed by atoms with Gasteiger partial charge in [-0.15, -0.1) is 10.2 Å². The van der Waals surface area contributed by atoms with Crippen molar-refractivity contribution in [3.8, 4) is 11.4 Å². The second-order valence-electron chi connectivity index (χ2n) is 11.5. The van der Waals surface area contributed by atoms with Gasteiger partial charge in [-0.2, -0.15) is 4.80 Å². The van der Waals surface area contributed by atoms with Crippen molar-refractivity contribution >= 4 is 23.6 Å². The van der Waals surface area contributed by atoms with Gasteiger partial charge in [0.1, 0.15) is 23.7 Å². The number of hydrogen-bond acceptors (Lipinski definition) is 9. The number of rotatable bonds is 10. The maximum absolute atomic E-state index is 13.2. The Morgan fingerprint density at radius 2 is 1.70 bits per heavy atom. The van der Waals surface area contributed by atoms with Crippen molar-refractivity contribution < 1.29 is 19.1 Å². The van der Waals surface area contributed by atoms with E-state index in [2.05, 4.69) is 36.4 Å². The summed E-state index contributed by atoms with van der Waals surface area (Å²) in [5.74, 6) is -0.211. The van der Waals surface area contributed by atoms with Crippen LogP contribution in [0.5, 0.6) is 0 Å². The zero-order valence-corrected chi connectivity index (χ0v) is 25.9. The molecular formula is C31H39N9O4. The van der Waals surface area contributed by atoms with Crippen molar-refractivity contribution in [3.63, 3.8) is 0 Å². The molecule has 1 atom stereocenters. The number of aliphatic imine (C=N–C) groups is 1. The summed E-state index contributed by atoms with van der Waals surface area (Å²) >= 11 is 0. The number of aromatic nitrogens is 4. The van der Waals surface area contributed by atoms with Crippen LogP contribution in [0.15, 0.2) is 65.3 Å². The van der Waals surface area contributed by atoms with E-state index in [1.54, 1.807) is 32.7 Å². The Kier molecular flexibility index (Phi) is 10.1. The summed E-state index contributed by atoms with van der Waals surface area (Å²) < 4.78 is 5.22. The predicted octanol–water partition coefficient (Wildman–Crippen LogP) is 2.89. The number of ether oxygens (including phenoxy) is 1. The van der Waals surface area contributed by atoms with Gasteiger partial charge >= 0.3 is 6.09 Å². The lowest BCUT2D eigenvalue weighted by atomic mass is 10.1. The normalized spacial score (nSPS) is 13.8. The van der Waals surface area contributed by atoms with Crippen LogP contribution in [-0.4, -0.2) is 74.6 Å². The average Bonchev–Trinajstić information content (AvgIpc) is 3.45. The highest BCUT2D eigenvalue weighted by Crippen LogP contribution is 2.20. The Balaban J connectivity index is 1.30. The number of aryl methyl sites for hydroxylation is 1. The fourth-order valence-corrected chi connectivity index (χ4v) is 4.20. The molecule has 0 aliphatic carbocycles. The maximum atomic E-state index is 13.2. The Morgan fingerprint density at radius 1 is 1.00 bits per heavy atom. The number of carbonyl (C=O) groups is 3. The molecule has 3 aromatic rings. The Labute approximate surface area is 256 Å². The molecule has 13 nitrogen and oxygen atoms in total. The lowest BCUT2D eigenvalue weighted by Crippen LogP contribution is -2.39. The third-order valence-corrected chi connectivity index (χ3v) is 6.63. The molecule has 1 aromatic heterocycles. The first-order chi connectivity index (χ1) is 20.9. The largest absolute Gasteiger partial charge is 0.444 e. The molecule has 1 aliphatic rings. The fourth-order valence-electron chi connectivity index (χ4n) is 4.20. The number of amides is 3. The third kappa shape index (κ3) is 8.96. The van der Waals surface area contributed by atoms with Crippen molar-refractivity contribution in [3.05, 3.63) is 77.0 Å². The van der Waals surface area contributed by atoms with E-state index < -0.39 is 11.7 Å². The average molecular weight is 602 g/mol. The van der Waals surface area contributed by atoms with Crippen molar-refractivity contribution in [2.75, 3.05) is 20.3 Å². The molecule has 0 spiro atoms. The van der Waals surface area contributed by atoms with Crippen molar-refractivity contribution in [1.29, 1.82) is 0 Å². The van der Waals surface area contributed by atoms with Gasteiger partial charge in [-0.25, -0.2) is 4.79 Å². The van der Waals surface area contributed by atoms with Gasteiger partial charge in [-0.3, -0.25) is 14.6 Å². The molecular weight excluding hydrogens is 562 g/mol. The second kappa shape index (κ2) is 13.9. The summed E-state index contributed by atoms with van der Waals surface area (Å²) in [5.41, 5.74) is 3.74. The van der Waals surface area contributed by atoms with Crippen molar-refractivity contribution in [2.45, 2.75) is 59.4 Å². The van der Waals surface area contributed by atoms with E-state index in [4.69, 9.17) is 4.74 Å². The first kappa shape index (κ1) is 31.9. The van der Waals surface area contributed by atoms with Gasteiger partial charge in [-0.05, 0) is 57.0 Å². The molecule has 2 heterocycles. The molecule has 13 heteroatoms. The van der Waals surface area contributed by atoms with Gasteiger partial charge in [0.05, 0.1) is 12.6 Å². The van der Waals surface area contributed by atoms with E-state index in [1.165, 1.54) is 10.9 Å². The van der Waals surface area contributed by atoms with E-state index in [9.17, 15) is 14.4 Å². The van der Waals surface area contributed by atoms with Crippen LogP contribution in [0.25, 0.3) is 11.4 Å². The summed E-state index contributed by atoms with van der Waals surface area (Å²) in [4.78, 5) is 45.2. The first-order valence-electron chi connectivity index (χ1n) is 14.3. The van der Waals surface area contributed by atoms with Crippen LogP contribution >= 0.6 is 0 Å². The summed E-state index contributed by atoms with van der Waals surface area (Å²) in [6, 6.07) is 15.1. The molecule has 44 heavy (non-hydrogen) atoms. The van der Waals surface area contributed by atoms with E-state index in [0.717, 1.165) is 22.3 Å². The monoisotopic (exact) mass is 601 g/mol. The molecule has 0 fully saturated rings. The minimum absolute atomic E-state index is 0.195. The molecule has 0 saturated heterocycles. The highest BCUT2D eigenvalue weighted by atomic mass is 16.6. The van der Waals surface area contributed by atoms with Crippen LogP contribution in [0.1, 0.15) is 50.4 Å².